The molecule has 6 heteroatoms. The predicted molar refractivity (Wildman–Crippen MR) is 63.2 cm³/mol. The Kier molecular flexibility index (Phi) is 3.29. The van der Waals surface area contributed by atoms with E-state index < -0.39 is 17.6 Å². The molecule has 0 aliphatic carbocycles. The molecule has 4 nitrogen and oxygen atoms in total. The molecule has 0 aliphatic rings. The first kappa shape index (κ1) is 12.5. The minimum atomic E-state index is -1.29. The van der Waals surface area contributed by atoms with Crippen molar-refractivity contribution in [1.82, 2.24) is 0 Å². The number of furan rings is 1. The zero-order chi connectivity index (χ0) is 13.3. The number of hydrogen-bond donors (Lipinski definition) is 1. The third-order valence-corrected chi connectivity index (χ3v) is 2.85. The Labute approximate surface area is 109 Å². The molecule has 0 fully saturated rings. The largest absolute Gasteiger partial charge is 0.475 e. The van der Waals surface area contributed by atoms with Crippen molar-refractivity contribution in [3.8, 4) is 0 Å². The molecule has 0 amide bonds. The van der Waals surface area contributed by atoms with Crippen molar-refractivity contribution < 1.29 is 23.5 Å². The normalized spacial score (nSPS) is 10.3. The molecular weight excluding hydrogens is 307 g/mol. The lowest BCUT2D eigenvalue weighted by Crippen LogP contribution is -2.03. The lowest BCUT2D eigenvalue weighted by atomic mass is 10.1. The minimum absolute atomic E-state index is 0.151. The summed E-state index contributed by atoms with van der Waals surface area (Å²) in [6.07, 6.45) is 0. The molecule has 2 aromatic rings. The molecule has 0 aliphatic heterocycles. The molecular formula is C12H6BrFO4. The van der Waals surface area contributed by atoms with Crippen LogP contribution in [0.5, 0.6) is 0 Å². The van der Waals surface area contributed by atoms with Gasteiger partial charge in [0.15, 0.2) is 5.76 Å². The quantitative estimate of drug-likeness (QED) is 0.884. The molecule has 0 saturated heterocycles. The van der Waals surface area contributed by atoms with E-state index in [2.05, 4.69) is 15.9 Å². The van der Waals surface area contributed by atoms with Gasteiger partial charge >= 0.3 is 5.97 Å². The maximum atomic E-state index is 13.7. The van der Waals surface area contributed by atoms with Crippen LogP contribution < -0.4 is 0 Å². The van der Waals surface area contributed by atoms with Crippen LogP contribution in [0, 0.1) is 5.82 Å². The van der Waals surface area contributed by atoms with E-state index in [1.165, 1.54) is 24.3 Å². The summed E-state index contributed by atoms with van der Waals surface area (Å²) in [6.45, 7) is 0. The van der Waals surface area contributed by atoms with Crippen LogP contribution in [-0.4, -0.2) is 16.9 Å². The Balaban J connectivity index is 2.41. The molecule has 1 aromatic heterocycles. The first-order chi connectivity index (χ1) is 8.50. The van der Waals surface area contributed by atoms with Crippen LogP contribution in [0.4, 0.5) is 4.39 Å². The summed E-state index contributed by atoms with van der Waals surface area (Å²) in [4.78, 5) is 22.5. The van der Waals surface area contributed by atoms with Crippen molar-refractivity contribution in [1.29, 1.82) is 0 Å². The third kappa shape index (κ3) is 2.19. The van der Waals surface area contributed by atoms with Crippen LogP contribution in [0.3, 0.4) is 0 Å². The summed E-state index contributed by atoms with van der Waals surface area (Å²) in [5.74, 6) is -3.29. The van der Waals surface area contributed by atoms with Crippen molar-refractivity contribution in [3.63, 3.8) is 0 Å². The van der Waals surface area contributed by atoms with Gasteiger partial charge in [-0.25, -0.2) is 9.18 Å². The highest BCUT2D eigenvalue weighted by molar-refractivity contribution is 9.10. The van der Waals surface area contributed by atoms with Crippen LogP contribution in [0.15, 0.2) is 39.2 Å². The lowest BCUT2D eigenvalue weighted by molar-refractivity contribution is 0.0660. The van der Waals surface area contributed by atoms with Crippen molar-refractivity contribution in [3.05, 3.63) is 57.7 Å². The summed E-state index contributed by atoms with van der Waals surface area (Å²) in [5, 5.41) is 8.66. The Morgan fingerprint density at radius 1 is 1.17 bits per heavy atom. The third-order valence-electron chi connectivity index (χ3n) is 2.24. The van der Waals surface area contributed by atoms with Crippen LogP contribution >= 0.6 is 15.9 Å². The van der Waals surface area contributed by atoms with E-state index in [-0.39, 0.29) is 21.6 Å². The lowest BCUT2D eigenvalue weighted by Gasteiger charge is -2.01. The second-order valence-electron chi connectivity index (χ2n) is 3.40. The summed E-state index contributed by atoms with van der Waals surface area (Å²) in [5.41, 5.74) is -0.185. The van der Waals surface area contributed by atoms with Gasteiger partial charge in [0, 0.05) is 0 Å². The number of carboxylic acid groups (broad SMARTS) is 1. The fourth-order valence-electron chi connectivity index (χ4n) is 1.39. The molecule has 0 bridgehead atoms. The molecule has 2 rings (SSSR count). The number of carbonyl (C=O) groups excluding carboxylic acids is 1. The fourth-order valence-corrected chi connectivity index (χ4v) is 1.75. The molecule has 0 spiro atoms. The Morgan fingerprint density at radius 3 is 2.44 bits per heavy atom. The minimum Gasteiger partial charge on any atom is -0.475 e. The molecule has 1 N–H and O–H groups in total. The highest BCUT2D eigenvalue weighted by Gasteiger charge is 2.20. The smallest absolute Gasteiger partial charge is 0.371 e. The summed E-state index contributed by atoms with van der Waals surface area (Å²) in [7, 11) is 0. The highest BCUT2D eigenvalue weighted by Crippen LogP contribution is 2.22. The SMILES string of the molecule is O=C(O)c1ccc(C(=O)c2cccc(Br)c2F)o1. The molecule has 1 aromatic carbocycles. The summed E-state index contributed by atoms with van der Waals surface area (Å²) >= 11 is 2.96. The first-order valence-corrected chi connectivity index (χ1v) is 5.62. The van der Waals surface area contributed by atoms with Gasteiger partial charge in [-0.1, -0.05) is 6.07 Å². The van der Waals surface area contributed by atoms with Gasteiger partial charge in [0.2, 0.25) is 11.5 Å². The Morgan fingerprint density at radius 2 is 1.83 bits per heavy atom. The molecule has 0 radical (unpaired) electrons. The number of benzene rings is 1. The van der Waals surface area contributed by atoms with E-state index in [0.717, 1.165) is 6.07 Å². The van der Waals surface area contributed by atoms with Gasteiger partial charge in [0.1, 0.15) is 5.82 Å². The van der Waals surface area contributed by atoms with Gasteiger partial charge in [-0.05, 0) is 40.2 Å². The zero-order valence-electron chi connectivity index (χ0n) is 8.81. The second-order valence-corrected chi connectivity index (χ2v) is 4.25. The van der Waals surface area contributed by atoms with Crippen molar-refractivity contribution in [2.45, 2.75) is 0 Å². The Bertz CT molecular complexity index is 633. The van der Waals surface area contributed by atoms with Crippen LogP contribution in [0.2, 0.25) is 0 Å². The number of rotatable bonds is 3. The average Bonchev–Trinajstić information content (AvgIpc) is 2.81. The fraction of sp³-hybridized carbons (Fsp3) is 0. The maximum Gasteiger partial charge on any atom is 0.371 e. The number of carboxylic acids is 1. The van der Waals surface area contributed by atoms with E-state index >= 15 is 0 Å². The van der Waals surface area contributed by atoms with E-state index in [4.69, 9.17) is 9.52 Å². The van der Waals surface area contributed by atoms with Crippen molar-refractivity contribution >= 4 is 27.7 Å². The van der Waals surface area contributed by atoms with Crippen LogP contribution in [-0.2, 0) is 0 Å². The zero-order valence-corrected chi connectivity index (χ0v) is 10.4. The molecule has 0 unspecified atom stereocenters. The monoisotopic (exact) mass is 312 g/mol. The van der Waals surface area contributed by atoms with Crippen molar-refractivity contribution in [2.24, 2.45) is 0 Å². The van der Waals surface area contributed by atoms with Gasteiger partial charge in [0.05, 0.1) is 10.0 Å². The molecule has 0 atom stereocenters. The van der Waals surface area contributed by atoms with Gasteiger partial charge in [-0.3, -0.25) is 4.79 Å². The van der Waals surface area contributed by atoms with Gasteiger partial charge in [-0.2, -0.15) is 0 Å². The van der Waals surface area contributed by atoms with E-state index in [0.29, 0.717) is 0 Å². The van der Waals surface area contributed by atoms with Crippen LogP contribution in [0.25, 0.3) is 0 Å². The number of aromatic carboxylic acids is 1. The maximum absolute atomic E-state index is 13.7. The summed E-state index contributed by atoms with van der Waals surface area (Å²) < 4.78 is 18.7. The number of carbonyl (C=O) groups is 2. The number of halogens is 2. The van der Waals surface area contributed by atoms with E-state index in [1.807, 2.05) is 0 Å². The predicted octanol–water partition coefficient (Wildman–Crippen LogP) is 3.11. The molecule has 18 heavy (non-hydrogen) atoms. The molecule has 92 valence electrons. The molecule has 1 heterocycles. The summed E-state index contributed by atoms with van der Waals surface area (Å²) in [6, 6.07) is 6.60. The van der Waals surface area contributed by atoms with Crippen molar-refractivity contribution in [2.75, 3.05) is 0 Å². The molecule has 0 saturated carbocycles. The second kappa shape index (κ2) is 4.73. The van der Waals surface area contributed by atoms with E-state index in [1.54, 1.807) is 0 Å². The highest BCUT2D eigenvalue weighted by atomic mass is 79.9. The topological polar surface area (TPSA) is 67.5 Å². The van der Waals surface area contributed by atoms with Gasteiger partial charge in [0.25, 0.3) is 0 Å². The van der Waals surface area contributed by atoms with E-state index in [9.17, 15) is 14.0 Å². The standard InChI is InChI=1S/C12H6BrFO4/c13-7-3-1-2-6(10(7)14)11(15)8-4-5-9(18-8)12(16)17/h1-5H,(H,16,17). The van der Waals surface area contributed by atoms with Crippen LogP contribution in [0.1, 0.15) is 26.7 Å². The number of ketones is 1. The first-order valence-electron chi connectivity index (χ1n) is 4.82. The Hall–Kier alpha value is -1.95. The van der Waals surface area contributed by atoms with Gasteiger partial charge in [-0.15, -0.1) is 0 Å². The van der Waals surface area contributed by atoms with Gasteiger partial charge < -0.3 is 9.52 Å². The average molecular weight is 313 g/mol. The number of hydrogen-bond acceptors (Lipinski definition) is 3.